The SMILES string of the molecule is COc1ccc(CNC(=O)COC(=O)Cc2csc(-c3cccc(C)c3)n2)cc1. The first-order chi connectivity index (χ1) is 14.0. The van der Waals surface area contributed by atoms with Crippen LogP contribution in [0.15, 0.2) is 53.9 Å². The molecule has 0 saturated heterocycles. The Morgan fingerprint density at radius 1 is 1.14 bits per heavy atom. The molecular formula is C22H22N2O4S. The van der Waals surface area contributed by atoms with Crippen molar-refractivity contribution in [1.82, 2.24) is 10.3 Å². The number of benzene rings is 2. The van der Waals surface area contributed by atoms with Gasteiger partial charge in [-0.15, -0.1) is 11.3 Å². The maximum absolute atomic E-state index is 12.0. The Morgan fingerprint density at radius 2 is 1.93 bits per heavy atom. The van der Waals surface area contributed by atoms with Gasteiger partial charge in [-0.3, -0.25) is 9.59 Å². The van der Waals surface area contributed by atoms with Crippen LogP contribution in [0.4, 0.5) is 0 Å². The lowest BCUT2D eigenvalue weighted by Gasteiger charge is -2.07. The van der Waals surface area contributed by atoms with Gasteiger partial charge in [-0.1, -0.05) is 35.9 Å². The summed E-state index contributed by atoms with van der Waals surface area (Å²) in [6, 6.07) is 15.4. The zero-order chi connectivity index (χ0) is 20.6. The number of methoxy groups -OCH3 is 1. The summed E-state index contributed by atoms with van der Waals surface area (Å²) in [5.41, 5.74) is 3.73. The second-order valence-electron chi connectivity index (χ2n) is 6.48. The van der Waals surface area contributed by atoms with Crippen LogP contribution in [0.5, 0.6) is 5.75 Å². The third-order valence-corrected chi connectivity index (χ3v) is 5.10. The summed E-state index contributed by atoms with van der Waals surface area (Å²) >= 11 is 1.48. The molecule has 0 aliphatic heterocycles. The van der Waals surface area contributed by atoms with Crippen LogP contribution in [0.2, 0.25) is 0 Å². The average Bonchev–Trinajstić information content (AvgIpc) is 3.19. The summed E-state index contributed by atoms with van der Waals surface area (Å²) in [6.45, 7) is 2.06. The fraction of sp³-hybridized carbons (Fsp3) is 0.227. The molecule has 0 radical (unpaired) electrons. The van der Waals surface area contributed by atoms with Gasteiger partial charge in [-0.2, -0.15) is 0 Å². The monoisotopic (exact) mass is 410 g/mol. The Balaban J connectivity index is 1.43. The van der Waals surface area contributed by atoms with E-state index in [1.165, 1.54) is 11.3 Å². The molecule has 0 spiro atoms. The van der Waals surface area contributed by atoms with Gasteiger partial charge >= 0.3 is 5.97 Å². The average molecular weight is 410 g/mol. The Labute approximate surface area is 173 Å². The molecule has 0 unspecified atom stereocenters. The second kappa shape index (κ2) is 9.84. The molecule has 0 atom stereocenters. The Kier molecular flexibility index (Phi) is 6.97. The first-order valence-corrected chi connectivity index (χ1v) is 9.98. The van der Waals surface area contributed by atoms with Crippen LogP contribution in [0.25, 0.3) is 10.6 Å². The molecule has 1 amide bonds. The van der Waals surface area contributed by atoms with E-state index >= 15 is 0 Å². The number of ether oxygens (including phenoxy) is 2. The van der Waals surface area contributed by atoms with Crippen LogP contribution in [0.1, 0.15) is 16.8 Å². The van der Waals surface area contributed by atoms with Gasteiger partial charge < -0.3 is 14.8 Å². The van der Waals surface area contributed by atoms with Gasteiger partial charge in [0.2, 0.25) is 0 Å². The van der Waals surface area contributed by atoms with E-state index in [9.17, 15) is 9.59 Å². The van der Waals surface area contributed by atoms with Gasteiger partial charge in [-0.05, 0) is 30.7 Å². The molecule has 7 heteroatoms. The molecule has 3 rings (SSSR count). The predicted octanol–water partition coefficient (Wildman–Crippen LogP) is 3.53. The fourth-order valence-electron chi connectivity index (χ4n) is 2.64. The molecule has 1 heterocycles. The lowest BCUT2D eigenvalue weighted by atomic mass is 10.1. The molecule has 0 saturated carbocycles. The van der Waals surface area contributed by atoms with Gasteiger partial charge in [0.1, 0.15) is 10.8 Å². The molecule has 150 valence electrons. The molecule has 3 aromatic rings. The van der Waals surface area contributed by atoms with E-state index in [1.807, 2.05) is 60.8 Å². The second-order valence-corrected chi connectivity index (χ2v) is 7.33. The number of aromatic nitrogens is 1. The number of esters is 1. The van der Waals surface area contributed by atoms with Crippen molar-refractivity contribution in [3.8, 4) is 16.3 Å². The van der Waals surface area contributed by atoms with E-state index in [0.717, 1.165) is 27.4 Å². The number of nitrogens with zero attached hydrogens (tertiary/aromatic N) is 1. The quantitative estimate of drug-likeness (QED) is 0.575. The van der Waals surface area contributed by atoms with Crippen molar-refractivity contribution in [2.45, 2.75) is 19.9 Å². The van der Waals surface area contributed by atoms with E-state index in [2.05, 4.69) is 10.3 Å². The van der Waals surface area contributed by atoms with Crippen molar-refractivity contribution in [3.05, 3.63) is 70.7 Å². The number of thiazole rings is 1. The molecule has 6 nitrogen and oxygen atoms in total. The summed E-state index contributed by atoms with van der Waals surface area (Å²) in [5.74, 6) is -0.0832. The van der Waals surface area contributed by atoms with Crippen molar-refractivity contribution in [1.29, 1.82) is 0 Å². The first kappa shape index (κ1) is 20.5. The normalized spacial score (nSPS) is 10.4. The highest BCUT2D eigenvalue weighted by Gasteiger charge is 2.12. The predicted molar refractivity (Wildman–Crippen MR) is 112 cm³/mol. The van der Waals surface area contributed by atoms with Gasteiger partial charge in [0.15, 0.2) is 6.61 Å². The maximum atomic E-state index is 12.0. The zero-order valence-electron chi connectivity index (χ0n) is 16.3. The Hall–Kier alpha value is -3.19. The summed E-state index contributed by atoms with van der Waals surface area (Å²) in [4.78, 5) is 28.4. The van der Waals surface area contributed by atoms with Crippen LogP contribution >= 0.6 is 11.3 Å². The molecule has 1 N–H and O–H groups in total. The lowest BCUT2D eigenvalue weighted by Crippen LogP contribution is -2.28. The number of aryl methyl sites for hydroxylation is 1. The van der Waals surface area contributed by atoms with E-state index in [4.69, 9.17) is 9.47 Å². The third kappa shape index (κ3) is 6.15. The first-order valence-electron chi connectivity index (χ1n) is 9.10. The van der Waals surface area contributed by atoms with Gasteiger partial charge in [0.25, 0.3) is 5.91 Å². The van der Waals surface area contributed by atoms with Crippen LogP contribution in [0.3, 0.4) is 0 Å². The Morgan fingerprint density at radius 3 is 2.66 bits per heavy atom. The topological polar surface area (TPSA) is 77.5 Å². The van der Waals surface area contributed by atoms with E-state index < -0.39 is 5.97 Å². The zero-order valence-corrected chi connectivity index (χ0v) is 17.1. The minimum atomic E-state index is -0.481. The third-order valence-electron chi connectivity index (χ3n) is 4.16. The molecule has 0 aliphatic rings. The van der Waals surface area contributed by atoms with Gasteiger partial charge in [0.05, 0.1) is 19.2 Å². The summed E-state index contributed by atoms with van der Waals surface area (Å²) in [5, 5.41) is 5.41. The number of hydrogen-bond acceptors (Lipinski definition) is 6. The van der Waals surface area contributed by atoms with Crippen LogP contribution in [-0.4, -0.2) is 30.6 Å². The number of carbonyl (C=O) groups excluding carboxylic acids is 2. The summed E-state index contributed by atoms with van der Waals surface area (Å²) in [6.07, 6.45) is 0.0358. The molecule has 1 aromatic heterocycles. The minimum Gasteiger partial charge on any atom is -0.497 e. The van der Waals surface area contributed by atoms with E-state index in [0.29, 0.717) is 12.2 Å². The molecular weight excluding hydrogens is 388 g/mol. The largest absolute Gasteiger partial charge is 0.497 e. The molecule has 0 fully saturated rings. The molecule has 2 aromatic carbocycles. The van der Waals surface area contributed by atoms with Crippen molar-refractivity contribution in [2.75, 3.05) is 13.7 Å². The van der Waals surface area contributed by atoms with Crippen LogP contribution in [-0.2, 0) is 27.3 Å². The van der Waals surface area contributed by atoms with Crippen LogP contribution < -0.4 is 10.1 Å². The number of carbonyl (C=O) groups is 2. The molecule has 0 bridgehead atoms. The highest BCUT2D eigenvalue weighted by molar-refractivity contribution is 7.13. The molecule has 29 heavy (non-hydrogen) atoms. The summed E-state index contributed by atoms with van der Waals surface area (Å²) in [7, 11) is 1.60. The van der Waals surface area contributed by atoms with Crippen molar-refractivity contribution >= 4 is 23.2 Å². The smallest absolute Gasteiger partial charge is 0.312 e. The van der Waals surface area contributed by atoms with Crippen molar-refractivity contribution in [3.63, 3.8) is 0 Å². The van der Waals surface area contributed by atoms with Gasteiger partial charge in [-0.25, -0.2) is 4.98 Å². The minimum absolute atomic E-state index is 0.0358. The standard InChI is InChI=1S/C22H22N2O4S/c1-15-4-3-5-17(10-15)22-24-18(14-29-22)11-21(26)28-13-20(25)23-12-16-6-8-19(27-2)9-7-16/h3-10,14H,11-13H2,1-2H3,(H,23,25). The number of nitrogens with one attached hydrogen (secondary N) is 1. The fourth-order valence-corrected chi connectivity index (χ4v) is 3.46. The number of hydrogen-bond donors (Lipinski definition) is 1. The maximum Gasteiger partial charge on any atom is 0.312 e. The van der Waals surface area contributed by atoms with E-state index in [-0.39, 0.29) is 18.9 Å². The highest BCUT2D eigenvalue weighted by Crippen LogP contribution is 2.24. The highest BCUT2D eigenvalue weighted by atomic mass is 32.1. The Bertz CT molecular complexity index is 982. The van der Waals surface area contributed by atoms with Gasteiger partial charge in [0, 0.05) is 17.5 Å². The lowest BCUT2D eigenvalue weighted by molar-refractivity contribution is -0.147. The van der Waals surface area contributed by atoms with E-state index in [1.54, 1.807) is 7.11 Å². The molecule has 0 aliphatic carbocycles. The summed E-state index contributed by atoms with van der Waals surface area (Å²) < 4.78 is 10.2. The van der Waals surface area contributed by atoms with Crippen molar-refractivity contribution < 1.29 is 19.1 Å². The number of amides is 1. The van der Waals surface area contributed by atoms with Crippen molar-refractivity contribution in [2.24, 2.45) is 0 Å². The number of rotatable bonds is 8. The van der Waals surface area contributed by atoms with Crippen LogP contribution in [0, 0.1) is 6.92 Å².